The fraction of sp³-hybridized carbons (Fsp3) is 0.222. The van der Waals surface area contributed by atoms with Crippen molar-refractivity contribution in [3.63, 3.8) is 0 Å². The Hall–Kier alpha value is -1.62. The Morgan fingerprint density at radius 1 is 1.64 bits per heavy atom. The zero-order valence-electron chi connectivity index (χ0n) is 7.58. The number of benzene rings is 1. The Balaban J connectivity index is 3.22. The van der Waals surface area contributed by atoms with Gasteiger partial charge in [-0.2, -0.15) is 0 Å². The van der Waals surface area contributed by atoms with Gasteiger partial charge < -0.3 is 15.6 Å². The van der Waals surface area contributed by atoms with Crippen LogP contribution in [-0.2, 0) is 0 Å². The normalized spacial score (nSPS) is 9.93. The molecule has 0 saturated heterocycles. The van der Waals surface area contributed by atoms with Crippen LogP contribution in [0.5, 0.6) is 11.5 Å². The Kier molecular flexibility index (Phi) is 3.03. The largest absolute Gasteiger partial charge is 0.502 e. The van der Waals surface area contributed by atoms with Crippen molar-refractivity contribution < 1.29 is 19.0 Å². The molecule has 0 bridgehead atoms. The van der Waals surface area contributed by atoms with Gasteiger partial charge in [0.05, 0.1) is 13.7 Å². The first-order chi connectivity index (χ1) is 6.60. The summed E-state index contributed by atoms with van der Waals surface area (Å²) in [5.41, 5.74) is 5.19. The minimum Gasteiger partial charge on any atom is -0.502 e. The minimum atomic E-state index is -0.902. The van der Waals surface area contributed by atoms with Crippen LogP contribution < -0.4 is 10.5 Å². The van der Waals surface area contributed by atoms with E-state index in [4.69, 9.17) is 10.8 Å². The number of rotatable bonds is 3. The highest BCUT2D eigenvalue weighted by Crippen LogP contribution is 2.30. The molecule has 1 rings (SSSR count). The highest BCUT2D eigenvalue weighted by molar-refractivity contribution is 5.98. The molecule has 0 unspecified atom stereocenters. The number of phenolic OH excluding ortho intramolecular Hbond substituents is 1. The van der Waals surface area contributed by atoms with E-state index in [9.17, 15) is 9.18 Å². The number of methoxy groups -OCH3 is 1. The molecule has 3 N–H and O–H groups in total. The number of halogens is 1. The summed E-state index contributed by atoms with van der Waals surface area (Å²) in [6.07, 6.45) is 0. The number of hydrogen-bond acceptors (Lipinski definition) is 4. The number of Topliss-reactive ketones (excluding diaryl/α,β-unsaturated/α-hetero) is 1. The highest BCUT2D eigenvalue weighted by atomic mass is 19.1. The molecule has 0 amide bonds. The summed E-state index contributed by atoms with van der Waals surface area (Å²) in [6, 6.07) is 2.17. The van der Waals surface area contributed by atoms with Gasteiger partial charge in [-0.05, 0) is 12.1 Å². The Bertz CT molecular complexity index is 365. The molecule has 0 heterocycles. The lowest BCUT2D eigenvalue weighted by Crippen LogP contribution is -2.13. The summed E-state index contributed by atoms with van der Waals surface area (Å²) in [5, 5.41) is 9.13. The van der Waals surface area contributed by atoms with Crippen molar-refractivity contribution in [1.82, 2.24) is 0 Å². The number of ether oxygens (including phenoxy) is 1. The second-order valence-electron chi connectivity index (χ2n) is 2.64. The average Bonchev–Trinajstić information content (AvgIpc) is 2.20. The Morgan fingerprint density at radius 2 is 2.29 bits per heavy atom. The van der Waals surface area contributed by atoms with E-state index >= 15 is 0 Å². The molecular formula is C9H10FNO3. The number of hydrogen-bond donors (Lipinski definition) is 2. The van der Waals surface area contributed by atoms with Gasteiger partial charge >= 0.3 is 0 Å². The van der Waals surface area contributed by atoms with E-state index in [1.807, 2.05) is 0 Å². The fourth-order valence-corrected chi connectivity index (χ4v) is 1.01. The third-order valence-corrected chi connectivity index (χ3v) is 1.76. The van der Waals surface area contributed by atoms with Gasteiger partial charge in [0.15, 0.2) is 23.1 Å². The van der Waals surface area contributed by atoms with E-state index in [1.54, 1.807) is 0 Å². The SMILES string of the molecule is COc1cc(C(=O)CN)cc(F)c1O. The lowest BCUT2D eigenvalue weighted by Gasteiger charge is -2.06. The van der Waals surface area contributed by atoms with Crippen molar-refractivity contribution in [2.24, 2.45) is 5.73 Å². The maximum atomic E-state index is 13.0. The van der Waals surface area contributed by atoms with E-state index < -0.39 is 17.3 Å². The monoisotopic (exact) mass is 199 g/mol. The zero-order chi connectivity index (χ0) is 10.7. The van der Waals surface area contributed by atoms with Gasteiger partial charge in [0.2, 0.25) is 0 Å². The number of ketones is 1. The molecule has 1 aromatic carbocycles. The molecule has 5 heteroatoms. The number of aromatic hydroxyl groups is 1. The van der Waals surface area contributed by atoms with Gasteiger partial charge in [-0.3, -0.25) is 4.79 Å². The van der Waals surface area contributed by atoms with Gasteiger partial charge in [0, 0.05) is 5.56 Å². The first kappa shape index (κ1) is 10.5. The zero-order valence-corrected chi connectivity index (χ0v) is 7.58. The highest BCUT2D eigenvalue weighted by Gasteiger charge is 2.13. The van der Waals surface area contributed by atoms with Crippen LogP contribution in [-0.4, -0.2) is 24.5 Å². The van der Waals surface area contributed by atoms with Crippen molar-refractivity contribution >= 4 is 5.78 Å². The topological polar surface area (TPSA) is 72.5 Å². The molecule has 1 aromatic rings. The van der Waals surface area contributed by atoms with E-state index in [2.05, 4.69) is 4.74 Å². The number of carbonyl (C=O) groups is 1. The first-order valence-electron chi connectivity index (χ1n) is 3.90. The molecule has 76 valence electrons. The van der Waals surface area contributed by atoms with Gasteiger partial charge in [-0.15, -0.1) is 0 Å². The quantitative estimate of drug-likeness (QED) is 0.702. The van der Waals surface area contributed by atoms with Gasteiger partial charge in [0.1, 0.15) is 0 Å². The van der Waals surface area contributed by atoms with E-state index in [-0.39, 0.29) is 17.9 Å². The summed E-state index contributed by atoms with van der Waals surface area (Å²) in [4.78, 5) is 11.1. The minimum absolute atomic E-state index is 0.0817. The third kappa shape index (κ3) is 1.82. The van der Waals surface area contributed by atoms with E-state index in [0.717, 1.165) is 6.07 Å². The standard InChI is InChI=1S/C9H10FNO3/c1-14-8-3-5(7(12)4-11)2-6(10)9(8)13/h2-3,13H,4,11H2,1H3. The van der Waals surface area contributed by atoms with Crippen molar-refractivity contribution in [2.45, 2.75) is 0 Å². The smallest absolute Gasteiger partial charge is 0.194 e. The Labute approximate surface area is 80.1 Å². The molecule has 0 aliphatic rings. The number of carbonyl (C=O) groups excluding carboxylic acids is 1. The van der Waals surface area contributed by atoms with Crippen LogP contribution in [0.1, 0.15) is 10.4 Å². The molecule has 0 saturated carbocycles. The second kappa shape index (κ2) is 4.06. The molecule has 0 atom stereocenters. The van der Waals surface area contributed by atoms with Crippen molar-refractivity contribution in [3.05, 3.63) is 23.5 Å². The molecule has 0 radical (unpaired) electrons. The van der Waals surface area contributed by atoms with Crippen LogP contribution in [0.2, 0.25) is 0 Å². The summed E-state index contributed by atoms with van der Waals surface area (Å²) in [5.74, 6) is -2.01. The molecule has 0 fully saturated rings. The number of phenols is 1. The van der Waals surface area contributed by atoms with Gasteiger partial charge in [-0.1, -0.05) is 0 Å². The maximum absolute atomic E-state index is 13.0. The van der Waals surface area contributed by atoms with Crippen LogP contribution in [0.4, 0.5) is 4.39 Å². The van der Waals surface area contributed by atoms with E-state index in [1.165, 1.54) is 13.2 Å². The van der Waals surface area contributed by atoms with Crippen molar-refractivity contribution in [3.8, 4) is 11.5 Å². The molecule has 0 aliphatic heterocycles. The average molecular weight is 199 g/mol. The molecule has 4 nitrogen and oxygen atoms in total. The van der Waals surface area contributed by atoms with Crippen LogP contribution in [0, 0.1) is 5.82 Å². The van der Waals surface area contributed by atoms with Crippen molar-refractivity contribution in [2.75, 3.05) is 13.7 Å². The summed E-state index contributed by atoms with van der Waals surface area (Å²) < 4.78 is 17.7. The summed E-state index contributed by atoms with van der Waals surface area (Å²) >= 11 is 0. The lowest BCUT2D eigenvalue weighted by molar-refractivity contribution is 0.100. The summed E-state index contributed by atoms with van der Waals surface area (Å²) in [6.45, 7) is -0.215. The molecule has 0 aromatic heterocycles. The van der Waals surface area contributed by atoms with Crippen LogP contribution >= 0.6 is 0 Å². The fourth-order valence-electron chi connectivity index (χ4n) is 1.01. The lowest BCUT2D eigenvalue weighted by atomic mass is 10.1. The molecule has 0 aliphatic carbocycles. The van der Waals surface area contributed by atoms with Crippen LogP contribution in [0.15, 0.2) is 12.1 Å². The first-order valence-corrected chi connectivity index (χ1v) is 3.90. The summed E-state index contributed by atoms with van der Waals surface area (Å²) in [7, 11) is 1.27. The number of nitrogens with two attached hydrogens (primary N) is 1. The van der Waals surface area contributed by atoms with Crippen LogP contribution in [0.3, 0.4) is 0 Å². The second-order valence-corrected chi connectivity index (χ2v) is 2.64. The van der Waals surface area contributed by atoms with Gasteiger partial charge in [-0.25, -0.2) is 4.39 Å². The molecular weight excluding hydrogens is 189 g/mol. The van der Waals surface area contributed by atoms with Gasteiger partial charge in [0.25, 0.3) is 0 Å². The Morgan fingerprint density at radius 3 is 2.79 bits per heavy atom. The maximum Gasteiger partial charge on any atom is 0.194 e. The predicted molar refractivity (Wildman–Crippen MR) is 48.0 cm³/mol. The van der Waals surface area contributed by atoms with Crippen molar-refractivity contribution in [1.29, 1.82) is 0 Å². The van der Waals surface area contributed by atoms with E-state index in [0.29, 0.717) is 0 Å². The third-order valence-electron chi connectivity index (χ3n) is 1.76. The molecule has 0 spiro atoms. The predicted octanol–water partition coefficient (Wildman–Crippen LogP) is 0.681. The van der Waals surface area contributed by atoms with Crippen LogP contribution in [0.25, 0.3) is 0 Å². The molecule has 14 heavy (non-hydrogen) atoms.